The highest BCUT2D eigenvalue weighted by Gasteiger charge is 2.43. The summed E-state index contributed by atoms with van der Waals surface area (Å²) in [5, 5.41) is 0. The first-order valence-corrected chi connectivity index (χ1v) is 8.41. The highest BCUT2D eigenvalue weighted by molar-refractivity contribution is 5.31. The van der Waals surface area contributed by atoms with E-state index in [1.807, 2.05) is 19.1 Å². The molecule has 1 aromatic rings. The van der Waals surface area contributed by atoms with E-state index >= 15 is 0 Å². The van der Waals surface area contributed by atoms with E-state index in [4.69, 9.17) is 10.5 Å². The molecular weight excluding hydrogens is 260 g/mol. The zero-order valence-corrected chi connectivity index (χ0v) is 13.8. The summed E-state index contributed by atoms with van der Waals surface area (Å²) in [7, 11) is 0. The molecule has 1 aliphatic carbocycles. The normalized spacial score (nSPS) is 18.9. The fourth-order valence-corrected chi connectivity index (χ4v) is 3.91. The maximum atomic E-state index is 6.73. The second kappa shape index (κ2) is 7.28. The number of hydrogen-bond acceptors (Lipinski definition) is 3. The summed E-state index contributed by atoms with van der Waals surface area (Å²) in [6, 6.07) is 8.45. The van der Waals surface area contributed by atoms with Crippen LogP contribution in [0.4, 0.5) is 0 Å². The zero-order valence-electron chi connectivity index (χ0n) is 13.8. The maximum absolute atomic E-state index is 6.73. The number of ether oxygens (including phenoxy) is 1. The molecule has 1 saturated carbocycles. The maximum Gasteiger partial charge on any atom is 0.119 e. The Morgan fingerprint density at radius 3 is 2.14 bits per heavy atom. The van der Waals surface area contributed by atoms with Gasteiger partial charge in [-0.05, 0) is 50.6 Å². The third-order valence-electron chi connectivity index (χ3n) is 4.99. The van der Waals surface area contributed by atoms with Crippen molar-refractivity contribution in [3.8, 4) is 5.75 Å². The van der Waals surface area contributed by atoms with Crippen molar-refractivity contribution >= 4 is 0 Å². The Kier molecular flexibility index (Phi) is 5.65. The lowest BCUT2D eigenvalue weighted by atomic mass is 9.82. The molecule has 0 bridgehead atoms. The van der Waals surface area contributed by atoms with Gasteiger partial charge in [-0.3, -0.25) is 4.90 Å². The molecule has 118 valence electrons. The van der Waals surface area contributed by atoms with Gasteiger partial charge in [0, 0.05) is 11.6 Å². The highest BCUT2D eigenvalue weighted by atomic mass is 16.5. The number of nitrogens with zero attached hydrogens (tertiary/aromatic N) is 1. The first kappa shape index (κ1) is 16.3. The second-order valence-corrected chi connectivity index (χ2v) is 5.96. The fraction of sp³-hybridized carbons (Fsp3) is 0.667. The van der Waals surface area contributed by atoms with Gasteiger partial charge in [-0.1, -0.05) is 38.8 Å². The smallest absolute Gasteiger partial charge is 0.119 e. The van der Waals surface area contributed by atoms with Crippen LogP contribution in [0, 0.1) is 0 Å². The number of benzene rings is 1. The average Bonchev–Trinajstić information content (AvgIpc) is 3.00. The molecule has 0 radical (unpaired) electrons. The second-order valence-electron chi connectivity index (χ2n) is 5.96. The molecular formula is C18H30N2O. The summed E-state index contributed by atoms with van der Waals surface area (Å²) in [6.45, 7) is 9.34. The first-order valence-electron chi connectivity index (χ1n) is 8.41. The van der Waals surface area contributed by atoms with Crippen molar-refractivity contribution < 1.29 is 4.74 Å². The monoisotopic (exact) mass is 290 g/mol. The molecule has 21 heavy (non-hydrogen) atoms. The van der Waals surface area contributed by atoms with Crippen molar-refractivity contribution in [2.24, 2.45) is 5.73 Å². The van der Waals surface area contributed by atoms with Crippen LogP contribution in [0.2, 0.25) is 0 Å². The van der Waals surface area contributed by atoms with Gasteiger partial charge in [-0.15, -0.1) is 0 Å². The number of nitrogens with two attached hydrogens (primary N) is 1. The molecule has 0 aromatic heterocycles. The van der Waals surface area contributed by atoms with Crippen LogP contribution >= 0.6 is 0 Å². The van der Waals surface area contributed by atoms with Gasteiger partial charge in [0.15, 0.2) is 0 Å². The van der Waals surface area contributed by atoms with Crippen LogP contribution in [0.5, 0.6) is 5.75 Å². The molecule has 0 heterocycles. The average molecular weight is 290 g/mol. The molecule has 1 aromatic carbocycles. The zero-order chi connectivity index (χ0) is 15.3. The summed E-state index contributed by atoms with van der Waals surface area (Å²) >= 11 is 0. The standard InChI is InChI=1S/C18H30N2O/c1-4-20(5-2)18(13-7-8-14-18)17(19)15-9-11-16(12-10-15)21-6-3/h9-12,17H,4-8,13-14,19H2,1-3H3. The molecule has 2 N–H and O–H groups in total. The van der Waals surface area contributed by atoms with E-state index in [2.05, 4.69) is 30.9 Å². The summed E-state index contributed by atoms with van der Waals surface area (Å²) < 4.78 is 5.53. The van der Waals surface area contributed by atoms with Crippen LogP contribution < -0.4 is 10.5 Å². The van der Waals surface area contributed by atoms with Gasteiger partial charge in [0.25, 0.3) is 0 Å². The molecule has 0 spiro atoms. The largest absolute Gasteiger partial charge is 0.494 e. The topological polar surface area (TPSA) is 38.5 Å². The van der Waals surface area contributed by atoms with Gasteiger partial charge >= 0.3 is 0 Å². The first-order chi connectivity index (χ1) is 10.2. The lowest BCUT2D eigenvalue weighted by Crippen LogP contribution is -2.53. The predicted molar refractivity (Wildman–Crippen MR) is 88.7 cm³/mol. The number of rotatable bonds is 7. The molecule has 1 atom stereocenters. The third-order valence-corrected chi connectivity index (χ3v) is 4.99. The Bertz CT molecular complexity index is 419. The van der Waals surface area contributed by atoms with Gasteiger partial charge in [0.1, 0.15) is 5.75 Å². The minimum absolute atomic E-state index is 0.0792. The van der Waals surface area contributed by atoms with Crippen molar-refractivity contribution in [3.05, 3.63) is 29.8 Å². The Morgan fingerprint density at radius 2 is 1.67 bits per heavy atom. The number of likely N-dealkylation sites (N-methyl/N-ethyl adjacent to an activating group) is 1. The third kappa shape index (κ3) is 3.24. The lowest BCUT2D eigenvalue weighted by Gasteiger charge is -2.45. The molecule has 1 aliphatic rings. The van der Waals surface area contributed by atoms with Crippen LogP contribution in [0.15, 0.2) is 24.3 Å². The van der Waals surface area contributed by atoms with Gasteiger partial charge < -0.3 is 10.5 Å². The molecule has 3 heteroatoms. The van der Waals surface area contributed by atoms with E-state index in [-0.39, 0.29) is 11.6 Å². The summed E-state index contributed by atoms with van der Waals surface area (Å²) in [5.41, 5.74) is 8.09. The molecule has 0 saturated heterocycles. The highest BCUT2D eigenvalue weighted by Crippen LogP contribution is 2.43. The number of hydrogen-bond donors (Lipinski definition) is 1. The van der Waals surface area contributed by atoms with Crippen molar-refractivity contribution in [1.82, 2.24) is 4.90 Å². The van der Waals surface area contributed by atoms with Gasteiger partial charge in [-0.2, -0.15) is 0 Å². The SMILES string of the molecule is CCOc1ccc(C(N)C2(N(CC)CC)CCCC2)cc1. The molecule has 0 amide bonds. The molecule has 2 rings (SSSR count). The quantitative estimate of drug-likeness (QED) is 0.831. The van der Waals surface area contributed by atoms with Crippen molar-refractivity contribution in [2.45, 2.75) is 58.0 Å². The minimum atomic E-state index is 0.0792. The Morgan fingerprint density at radius 1 is 1.10 bits per heavy atom. The van der Waals surface area contributed by atoms with Crippen LogP contribution in [0.1, 0.15) is 58.1 Å². The van der Waals surface area contributed by atoms with Gasteiger partial charge in [-0.25, -0.2) is 0 Å². The predicted octanol–water partition coefficient (Wildman–Crippen LogP) is 3.74. The summed E-state index contributed by atoms with van der Waals surface area (Å²) in [4.78, 5) is 2.57. The summed E-state index contributed by atoms with van der Waals surface area (Å²) in [6.07, 6.45) is 5.01. The molecule has 3 nitrogen and oxygen atoms in total. The van der Waals surface area contributed by atoms with Crippen molar-refractivity contribution in [2.75, 3.05) is 19.7 Å². The van der Waals surface area contributed by atoms with Crippen LogP contribution in [-0.4, -0.2) is 30.1 Å². The van der Waals surface area contributed by atoms with Crippen LogP contribution in [0.3, 0.4) is 0 Å². The van der Waals surface area contributed by atoms with Crippen LogP contribution in [0.25, 0.3) is 0 Å². The molecule has 0 aliphatic heterocycles. The van der Waals surface area contributed by atoms with E-state index in [0.29, 0.717) is 6.61 Å². The van der Waals surface area contributed by atoms with E-state index < -0.39 is 0 Å². The van der Waals surface area contributed by atoms with E-state index in [9.17, 15) is 0 Å². The van der Waals surface area contributed by atoms with Gasteiger partial charge in [0.2, 0.25) is 0 Å². The van der Waals surface area contributed by atoms with E-state index in [1.54, 1.807) is 0 Å². The lowest BCUT2D eigenvalue weighted by molar-refractivity contribution is 0.0770. The van der Waals surface area contributed by atoms with E-state index in [1.165, 1.54) is 31.2 Å². The minimum Gasteiger partial charge on any atom is -0.494 e. The Hall–Kier alpha value is -1.06. The van der Waals surface area contributed by atoms with Crippen molar-refractivity contribution in [1.29, 1.82) is 0 Å². The fourth-order valence-electron chi connectivity index (χ4n) is 3.91. The van der Waals surface area contributed by atoms with Crippen molar-refractivity contribution in [3.63, 3.8) is 0 Å². The summed E-state index contributed by atoms with van der Waals surface area (Å²) in [5.74, 6) is 0.928. The Balaban J connectivity index is 2.23. The van der Waals surface area contributed by atoms with E-state index in [0.717, 1.165) is 18.8 Å². The Labute approximate surface area is 129 Å². The van der Waals surface area contributed by atoms with Gasteiger partial charge in [0.05, 0.1) is 6.61 Å². The molecule has 1 fully saturated rings. The molecule has 1 unspecified atom stereocenters. The van der Waals surface area contributed by atoms with Crippen LogP contribution in [-0.2, 0) is 0 Å².